The zero-order chi connectivity index (χ0) is 24.3. The van der Waals surface area contributed by atoms with Gasteiger partial charge in [-0.1, -0.05) is 84.6 Å². The molecule has 2 nitrogen and oxygen atoms in total. The lowest BCUT2D eigenvalue weighted by Gasteiger charge is -2.19. The molecule has 0 radical (unpaired) electrons. The fourth-order valence-electron chi connectivity index (χ4n) is 5.39. The molecule has 0 aliphatic carbocycles. The van der Waals surface area contributed by atoms with E-state index in [-0.39, 0.29) is 0 Å². The number of furan rings is 1. The topological polar surface area (TPSA) is 22.4 Å². The van der Waals surface area contributed by atoms with Crippen molar-refractivity contribution in [2.45, 2.75) is 9.79 Å². The average Bonchev–Trinajstić information content (AvgIpc) is 3.46. The van der Waals surface area contributed by atoms with E-state index in [1.807, 2.05) is 24.3 Å². The summed E-state index contributed by atoms with van der Waals surface area (Å²) >= 11 is 1.74. The van der Waals surface area contributed by atoms with Crippen LogP contribution in [-0.2, 0) is 0 Å². The van der Waals surface area contributed by atoms with E-state index in [1.54, 1.807) is 11.8 Å². The highest BCUT2D eigenvalue weighted by atomic mass is 32.2. The number of para-hydroxylation sites is 1. The standard InChI is InChI=1S/C34H20O2S/c1-2-9-25-23(7-1)24-8-3-4-10-26(24)28-19-21(13-15-27(25)28)29-16-17-30(35-29)22-14-18-34-32(20-22)36-31-11-5-6-12-33(31)37-34/h1-20H. The molecule has 3 heteroatoms. The summed E-state index contributed by atoms with van der Waals surface area (Å²) in [5, 5.41) is 7.59. The summed E-state index contributed by atoms with van der Waals surface area (Å²) < 4.78 is 12.6. The van der Waals surface area contributed by atoms with Crippen molar-refractivity contribution in [1.29, 1.82) is 0 Å². The van der Waals surface area contributed by atoms with Crippen LogP contribution in [0.4, 0.5) is 0 Å². The Labute approximate surface area is 218 Å². The molecular weight excluding hydrogens is 472 g/mol. The van der Waals surface area contributed by atoms with Crippen molar-refractivity contribution in [1.82, 2.24) is 0 Å². The fraction of sp³-hybridized carbons (Fsp3) is 0. The number of benzene rings is 6. The molecular formula is C34H20O2S. The summed E-state index contributed by atoms with van der Waals surface area (Å²) in [7, 11) is 0. The quantitative estimate of drug-likeness (QED) is 0.224. The van der Waals surface area contributed by atoms with Crippen LogP contribution in [0.2, 0.25) is 0 Å². The maximum Gasteiger partial charge on any atom is 0.142 e. The third-order valence-electron chi connectivity index (χ3n) is 7.15. The van der Waals surface area contributed by atoms with E-state index >= 15 is 0 Å². The van der Waals surface area contributed by atoms with Crippen molar-refractivity contribution in [2.24, 2.45) is 0 Å². The van der Waals surface area contributed by atoms with Gasteiger partial charge in [-0.15, -0.1) is 0 Å². The number of hydrogen-bond donors (Lipinski definition) is 0. The van der Waals surface area contributed by atoms with E-state index in [4.69, 9.17) is 9.15 Å². The SMILES string of the molecule is c1ccc2c(c1)Oc1cc(-c3ccc(-c4ccc5c6ccccc6c6ccccc6c5c4)o3)ccc1S2. The zero-order valence-electron chi connectivity index (χ0n) is 19.8. The van der Waals surface area contributed by atoms with Crippen LogP contribution in [0.25, 0.3) is 55.0 Å². The van der Waals surface area contributed by atoms with Crippen LogP contribution in [0.5, 0.6) is 11.5 Å². The number of ether oxygens (including phenoxy) is 1. The minimum absolute atomic E-state index is 0.828. The maximum atomic E-state index is 6.40. The Morgan fingerprint density at radius 1 is 0.405 bits per heavy atom. The minimum Gasteiger partial charge on any atom is -0.456 e. The van der Waals surface area contributed by atoms with Crippen molar-refractivity contribution >= 4 is 44.1 Å². The normalized spacial score (nSPS) is 12.4. The fourth-order valence-corrected chi connectivity index (χ4v) is 6.32. The first kappa shape index (κ1) is 20.7. The molecule has 0 saturated heterocycles. The lowest BCUT2D eigenvalue weighted by molar-refractivity contribution is 0.454. The van der Waals surface area contributed by atoms with Gasteiger partial charge in [0.1, 0.15) is 23.0 Å². The predicted octanol–water partition coefficient (Wildman–Crippen LogP) is 10.3. The molecule has 7 aromatic rings. The van der Waals surface area contributed by atoms with Gasteiger partial charge in [0.05, 0.1) is 9.79 Å². The number of hydrogen-bond acceptors (Lipinski definition) is 3. The largest absolute Gasteiger partial charge is 0.456 e. The molecule has 0 unspecified atom stereocenters. The zero-order valence-corrected chi connectivity index (χ0v) is 20.6. The Bertz CT molecular complexity index is 1960. The monoisotopic (exact) mass is 492 g/mol. The van der Waals surface area contributed by atoms with Crippen LogP contribution in [0.15, 0.2) is 136 Å². The van der Waals surface area contributed by atoms with E-state index in [1.165, 1.54) is 32.3 Å². The van der Waals surface area contributed by atoms with E-state index in [0.29, 0.717) is 0 Å². The van der Waals surface area contributed by atoms with Gasteiger partial charge in [0, 0.05) is 11.1 Å². The Balaban J connectivity index is 1.22. The van der Waals surface area contributed by atoms with Gasteiger partial charge in [-0.05, 0) is 80.8 Å². The molecule has 37 heavy (non-hydrogen) atoms. The first-order valence-corrected chi connectivity index (χ1v) is 13.2. The van der Waals surface area contributed by atoms with E-state index < -0.39 is 0 Å². The maximum absolute atomic E-state index is 6.40. The molecule has 0 bridgehead atoms. The number of fused-ring (bicyclic) bond motifs is 8. The first-order valence-electron chi connectivity index (χ1n) is 12.3. The summed E-state index contributed by atoms with van der Waals surface area (Å²) in [6.07, 6.45) is 0. The van der Waals surface area contributed by atoms with Gasteiger partial charge in [-0.3, -0.25) is 0 Å². The van der Waals surface area contributed by atoms with Crippen molar-refractivity contribution < 1.29 is 9.15 Å². The van der Waals surface area contributed by atoms with E-state index in [9.17, 15) is 0 Å². The van der Waals surface area contributed by atoms with E-state index in [0.717, 1.165) is 43.9 Å². The summed E-state index contributed by atoms with van der Waals surface area (Å²) in [6.45, 7) is 0. The summed E-state index contributed by atoms with van der Waals surface area (Å²) in [4.78, 5) is 2.25. The third kappa shape index (κ3) is 3.28. The molecule has 0 spiro atoms. The Kier molecular flexibility index (Phi) is 4.49. The molecule has 1 aliphatic rings. The average molecular weight is 493 g/mol. The minimum atomic E-state index is 0.828. The van der Waals surface area contributed by atoms with Gasteiger partial charge < -0.3 is 9.15 Å². The Morgan fingerprint density at radius 2 is 0.946 bits per heavy atom. The Morgan fingerprint density at radius 3 is 1.68 bits per heavy atom. The van der Waals surface area contributed by atoms with Crippen molar-refractivity contribution in [2.75, 3.05) is 0 Å². The highest BCUT2D eigenvalue weighted by Crippen LogP contribution is 2.48. The lowest BCUT2D eigenvalue weighted by Crippen LogP contribution is -1.94. The molecule has 0 saturated carbocycles. The molecule has 6 aromatic carbocycles. The highest BCUT2D eigenvalue weighted by Gasteiger charge is 2.19. The summed E-state index contributed by atoms with van der Waals surface area (Å²) in [5.74, 6) is 3.44. The molecule has 2 heterocycles. The lowest BCUT2D eigenvalue weighted by atomic mass is 9.93. The van der Waals surface area contributed by atoms with Crippen LogP contribution in [0.1, 0.15) is 0 Å². The highest BCUT2D eigenvalue weighted by molar-refractivity contribution is 7.99. The molecule has 8 rings (SSSR count). The molecule has 174 valence electrons. The molecule has 0 atom stereocenters. The second-order valence-electron chi connectivity index (χ2n) is 9.33. The second kappa shape index (κ2) is 8.02. The predicted molar refractivity (Wildman–Crippen MR) is 153 cm³/mol. The van der Waals surface area contributed by atoms with Crippen LogP contribution in [0, 0.1) is 0 Å². The molecule has 0 N–H and O–H groups in total. The summed E-state index contributed by atoms with van der Waals surface area (Å²) in [5.41, 5.74) is 2.07. The molecule has 0 fully saturated rings. The van der Waals surface area contributed by atoms with Gasteiger partial charge in [0.2, 0.25) is 0 Å². The van der Waals surface area contributed by atoms with Crippen LogP contribution < -0.4 is 4.74 Å². The van der Waals surface area contributed by atoms with Crippen LogP contribution in [-0.4, -0.2) is 0 Å². The molecule has 1 aliphatic heterocycles. The van der Waals surface area contributed by atoms with Gasteiger partial charge in [0.15, 0.2) is 0 Å². The summed E-state index contributed by atoms with van der Waals surface area (Å²) in [6, 6.07) is 42.5. The first-order chi connectivity index (χ1) is 18.3. The van der Waals surface area contributed by atoms with Gasteiger partial charge in [0.25, 0.3) is 0 Å². The smallest absolute Gasteiger partial charge is 0.142 e. The van der Waals surface area contributed by atoms with E-state index in [2.05, 4.69) is 97.1 Å². The Hall–Kier alpha value is -4.47. The van der Waals surface area contributed by atoms with Gasteiger partial charge >= 0.3 is 0 Å². The van der Waals surface area contributed by atoms with Crippen LogP contribution in [0.3, 0.4) is 0 Å². The van der Waals surface area contributed by atoms with Crippen molar-refractivity contribution in [3.05, 3.63) is 121 Å². The van der Waals surface area contributed by atoms with Gasteiger partial charge in [-0.25, -0.2) is 0 Å². The third-order valence-corrected chi connectivity index (χ3v) is 8.27. The van der Waals surface area contributed by atoms with Gasteiger partial charge in [-0.2, -0.15) is 0 Å². The molecule has 0 amide bonds. The van der Waals surface area contributed by atoms with Crippen LogP contribution >= 0.6 is 11.8 Å². The van der Waals surface area contributed by atoms with Crippen molar-refractivity contribution in [3.63, 3.8) is 0 Å². The van der Waals surface area contributed by atoms with Crippen molar-refractivity contribution in [3.8, 4) is 34.1 Å². The second-order valence-corrected chi connectivity index (χ2v) is 10.4. The number of rotatable bonds is 2. The molecule has 1 aromatic heterocycles.